The van der Waals surface area contributed by atoms with Gasteiger partial charge in [-0.3, -0.25) is 4.79 Å². The molecule has 5 nitrogen and oxygen atoms in total. The van der Waals surface area contributed by atoms with Gasteiger partial charge in [-0.2, -0.15) is 0 Å². The smallest absolute Gasteiger partial charge is 0.235 e. The number of Topliss-reactive ketones (excluding diaryl/α,β-unsaturated/α-hetero) is 1. The molecule has 0 bridgehead atoms. The molecule has 0 fully saturated rings. The van der Waals surface area contributed by atoms with Gasteiger partial charge < -0.3 is 19.3 Å². The van der Waals surface area contributed by atoms with Crippen molar-refractivity contribution in [2.24, 2.45) is 0 Å². The van der Waals surface area contributed by atoms with Gasteiger partial charge in [0.1, 0.15) is 40.8 Å². The molecule has 0 aromatic heterocycles. The first-order valence-electron chi connectivity index (χ1n) is 9.24. The number of phenolic OH excluding ortho intramolecular Hbond substituents is 1. The fourth-order valence-corrected chi connectivity index (χ4v) is 3.47. The van der Waals surface area contributed by atoms with Gasteiger partial charge >= 0.3 is 0 Å². The van der Waals surface area contributed by atoms with Crippen LogP contribution in [0.3, 0.4) is 0 Å². The molecule has 4 rings (SSSR count). The van der Waals surface area contributed by atoms with E-state index in [1.807, 2.05) is 38.1 Å². The highest BCUT2D eigenvalue weighted by Gasteiger charge is 2.37. The zero-order chi connectivity index (χ0) is 19.9. The molecule has 0 aliphatic carbocycles. The Hall–Kier alpha value is -3.21. The number of hydrogen-bond acceptors (Lipinski definition) is 5. The molecular weight excluding hydrogens is 356 g/mol. The molecule has 0 atom stereocenters. The maximum atomic E-state index is 12.9. The third-order valence-electron chi connectivity index (χ3n) is 4.93. The quantitative estimate of drug-likeness (QED) is 0.618. The molecule has 2 aromatic carbocycles. The van der Waals surface area contributed by atoms with Crippen LogP contribution in [-0.4, -0.2) is 23.1 Å². The van der Waals surface area contributed by atoms with Crippen LogP contribution >= 0.6 is 0 Å². The van der Waals surface area contributed by atoms with Gasteiger partial charge in [0.2, 0.25) is 5.78 Å². The number of ketones is 1. The summed E-state index contributed by atoms with van der Waals surface area (Å²) in [4.78, 5) is 12.9. The van der Waals surface area contributed by atoms with E-state index < -0.39 is 0 Å². The minimum absolute atomic E-state index is 0.0485. The molecule has 1 N–H and O–H groups in total. The standard InChI is InChI=1S/C23H22O5/c1-4-11-26-16-8-6-5-7-14(16)12-19-22(25)20-18(27-19)13-17-15(21(20)24)9-10-23(2,3)28-17/h4-8,12-13,24H,1,9-11H2,2-3H3. The Morgan fingerprint density at radius 3 is 2.86 bits per heavy atom. The minimum Gasteiger partial charge on any atom is -0.507 e. The van der Waals surface area contributed by atoms with Gasteiger partial charge in [0.05, 0.1) is 0 Å². The lowest BCUT2D eigenvalue weighted by molar-refractivity contribution is 0.0834. The maximum absolute atomic E-state index is 12.9. The number of carbonyl (C=O) groups excluding carboxylic acids is 1. The molecule has 2 aliphatic rings. The first-order valence-corrected chi connectivity index (χ1v) is 9.24. The lowest BCUT2D eigenvalue weighted by atomic mass is 9.91. The Balaban J connectivity index is 1.72. The Kier molecular flexibility index (Phi) is 4.38. The van der Waals surface area contributed by atoms with Crippen molar-refractivity contribution in [3.63, 3.8) is 0 Å². The number of fused-ring (bicyclic) bond motifs is 2. The van der Waals surface area contributed by atoms with E-state index in [1.165, 1.54) is 0 Å². The molecule has 0 spiro atoms. The predicted molar refractivity (Wildman–Crippen MR) is 106 cm³/mol. The summed E-state index contributed by atoms with van der Waals surface area (Å²) in [6.07, 6.45) is 4.69. The summed E-state index contributed by atoms with van der Waals surface area (Å²) in [5, 5.41) is 10.7. The predicted octanol–water partition coefficient (Wildman–Crippen LogP) is 4.68. The SMILES string of the molecule is C=CCOc1ccccc1C=C1Oc2cc3c(c(O)c2C1=O)CCC(C)(C)O3. The first kappa shape index (κ1) is 18.2. The van der Waals surface area contributed by atoms with E-state index in [4.69, 9.17) is 14.2 Å². The Morgan fingerprint density at radius 1 is 1.29 bits per heavy atom. The lowest BCUT2D eigenvalue weighted by Crippen LogP contribution is -2.32. The Morgan fingerprint density at radius 2 is 2.07 bits per heavy atom. The van der Waals surface area contributed by atoms with E-state index in [-0.39, 0.29) is 28.5 Å². The van der Waals surface area contributed by atoms with Crippen molar-refractivity contribution in [2.75, 3.05) is 6.61 Å². The average Bonchev–Trinajstić information content (AvgIpc) is 2.95. The molecule has 2 aliphatic heterocycles. The monoisotopic (exact) mass is 378 g/mol. The average molecular weight is 378 g/mol. The second-order valence-corrected chi connectivity index (χ2v) is 7.51. The number of carbonyl (C=O) groups is 1. The molecule has 0 saturated carbocycles. The number of para-hydroxylation sites is 1. The van der Waals surface area contributed by atoms with Crippen LogP contribution in [0.5, 0.6) is 23.0 Å². The number of ether oxygens (including phenoxy) is 3. The topological polar surface area (TPSA) is 65.0 Å². The molecule has 0 saturated heterocycles. The molecule has 2 aromatic rings. The van der Waals surface area contributed by atoms with E-state index in [0.717, 1.165) is 6.42 Å². The second kappa shape index (κ2) is 6.75. The summed E-state index contributed by atoms with van der Waals surface area (Å²) in [6, 6.07) is 9.05. The first-order chi connectivity index (χ1) is 13.4. The van der Waals surface area contributed by atoms with Crippen LogP contribution in [0, 0.1) is 0 Å². The number of hydrogen-bond donors (Lipinski definition) is 1. The van der Waals surface area contributed by atoms with Crippen LogP contribution in [-0.2, 0) is 6.42 Å². The highest BCUT2D eigenvalue weighted by atomic mass is 16.5. The van der Waals surface area contributed by atoms with Gasteiger partial charge in [-0.1, -0.05) is 30.9 Å². The van der Waals surface area contributed by atoms with Crippen molar-refractivity contribution in [3.05, 3.63) is 65.4 Å². The molecule has 0 unspecified atom stereocenters. The van der Waals surface area contributed by atoms with Gasteiger partial charge in [0, 0.05) is 17.2 Å². The fourth-order valence-electron chi connectivity index (χ4n) is 3.47. The number of phenols is 1. The molecule has 2 heterocycles. The highest BCUT2D eigenvalue weighted by molar-refractivity contribution is 6.16. The summed E-state index contributed by atoms with van der Waals surface area (Å²) in [6.45, 7) is 8.00. The summed E-state index contributed by atoms with van der Waals surface area (Å²) in [5.74, 6) is 1.25. The van der Waals surface area contributed by atoms with Gasteiger partial charge in [-0.05, 0) is 38.8 Å². The van der Waals surface area contributed by atoms with E-state index in [9.17, 15) is 9.90 Å². The number of benzene rings is 2. The van der Waals surface area contributed by atoms with Crippen molar-refractivity contribution in [3.8, 4) is 23.0 Å². The zero-order valence-electron chi connectivity index (χ0n) is 16.0. The maximum Gasteiger partial charge on any atom is 0.235 e. The molecule has 0 amide bonds. The van der Waals surface area contributed by atoms with Crippen LogP contribution in [0.25, 0.3) is 6.08 Å². The minimum atomic E-state index is -0.348. The van der Waals surface area contributed by atoms with Crippen LogP contribution in [0.4, 0.5) is 0 Å². The van der Waals surface area contributed by atoms with Crippen LogP contribution in [0.1, 0.15) is 41.8 Å². The third kappa shape index (κ3) is 3.13. The van der Waals surface area contributed by atoms with Gasteiger partial charge in [-0.25, -0.2) is 0 Å². The Labute approximate surface area is 163 Å². The molecule has 28 heavy (non-hydrogen) atoms. The van der Waals surface area contributed by atoms with Crippen LogP contribution in [0.15, 0.2) is 48.7 Å². The van der Waals surface area contributed by atoms with Crippen LogP contribution < -0.4 is 14.2 Å². The van der Waals surface area contributed by atoms with Gasteiger partial charge in [-0.15, -0.1) is 0 Å². The van der Waals surface area contributed by atoms with E-state index in [1.54, 1.807) is 18.2 Å². The van der Waals surface area contributed by atoms with E-state index in [2.05, 4.69) is 6.58 Å². The summed E-state index contributed by atoms with van der Waals surface area (Å²) in [7, 11) is 0. The zero-order valence-corrected chi connectivity index (χ0v) is 16.0. The summed E-state index contributed by atoms with van der Waals surface area (Å²) in [5.41, 5.74) is 1.24. The number of aromatic hydroxyl groups is 1. The molecular formula is C23H22O5. The Bertz CT molecular complexity index is 1000. The lowest BCUT2D eigenvalue weighted by Gasteiger charge is -2.33. The number of allylic oxidation sites excluding steroid dienone is 1. The normalized spacial score (nSPS) is 18.1. The summed E-state index contributed by atoms with van der Waals surface area (Å²) < 4.78 is 17.4. The fraction of sp³-hybridized carbons (Fsp3) is 0.261. The van der Waals surface area contributed by atoms with Crippen molar-refractivity contribution in [2.45, 2.75) is 32.3 Å². The van der Waals surface area contributed by atoms with Gasteiger partial charge in [0.25, 0.3) is 0 Å². The van der Waals surface area contributed by atoms with E-state index in [0.29, 0.717) is 41.4 Å². The summed E-state index contributed by atoms with van der Waals surface area (Å²) >= 11 is 0. The molecule has 144 valence electrons. The van der Waals surface area contributed by atoms with Crippen molar-refractivity contribution in [1.82, 2.24) is 0 Å². The van der Waals surface area contributed by atoms with Crippen molar-refractivity contribution in [1.29, 1.82) is 0 Å². The number of rotatable bonds is 4. The second-order valence-electron chi connectivity index (χ2n) is 7.51. The molecule has 0 radical (unpaired) electrons. The third-order valence-corrected chi connectivity index (χ3v) is 4.93. The molecule has 5 heteroatoms. The van der Waals surface area contributed by atoms with Gasteiger partial charge in [0.15, 0.2) is 5.76 Å². The highest BCUT2D eigenvalue weighted by Crippen LogP contribution is 2.48. The van der Waals surface area contributed by atoms with Crippen molar-refractivity contribution < 1.29 is 24.1 Å². The van der Waals surface area contributed by atoms with E-state index >= 15 is 0 Å². The van der Waals surface area contributed by atoms with Crippen LogP contribution in [0.2, 0.25) is 0 Å². The largest absolute Gasteiger partial charge is 0.507 e. The van der Waals surface area contributed by atoms with Crippen molar-refractivity contribution >= 4 is 11.9 Å².